The molecule has 0 aromatic heterocycles. The molecule has 1 amide bonds. The first-order chi connectivity index (χ1) is 11.4. The zero-order valence-electron chi connectivity index (χ0n) is 14.1. The molecule has 0 unspecified atom stereocenters. The first-order valence-electron chi connectivity index (χ1n) is 8.42. The van der Waals surface area contributed by atoms with Gasteiger partial charge < -0.3 is 10.1 Å². The van der Waals surface area contributed by atoms with Crippen molar-refractivity contribution in [1.82, 2.24) is 4.31 Å². The standard InChI is InChI=1S/C17H24N2O4S/c1-12-10-14(12)17(20)18-15-11-13(6-7-16(15)23-2)24(21,22)19-8-4-3-5-9-19/h6-7,11-12,14H,3-5,8-10H2,1-2H3,(H,18,20)/t12-,14-/m0/s1. The molecular formula is C17H24N2O4S. The Hall–Kier alpha value is -1.60. The number of carbonyl (C=O) groups excluding carboxylic acids is 1. The molecule has 6 nitrogen and oxygen atoms in total. The minimum absolute atomic E-state index is 0.0112. The number of piperidine rings is 1. The second kappa shape index (κ2) is 6.72. The van der Waals surface area contributed by atoms with Crippen LogP contribution in [0.2, 0.25) is 0 Å². The fourth-order valence-corrected chi connectivity index (χ4v) is 4.66. The molecule has 1 aliphatic carbocycles. The van der Waals surface area contributed by atoms with Crippen molar-refractivity contribution in [3.63, 3.8) is 0 Å². The zero-order chi connectivity index (χ0) is 17.3. The van der Waals surface area contributed by atoms with E-state index in [9.17, 15) is 13.2 Å². The monoisotopic (exact) mass is 352 g/mol. The molecule has 1 N–H and O–H groups in total. The van der Waals surface area contributed by atoms with E-state index in [0.717, 1.165) is 25.7 Å². The van der Waals surface area contributed by atoms with Gasteiger partial charge in [-0.1, -0.05) is 13.3 Å². The number of amides is 1. The van der Waals surface area contributed by atoms with Gasteiger partial charge in [0.25, 0.3) is 0 Å². The quantitative estimate of drug-likeness (QED) is 0.883. The molecule has 7 heteroatoms. The fraction of sp³-hybridized carbons (Fsp3) is 0.588. The molecule has 1 aromatic rings. The van der Waals surface area contributed by atoms with E-state index in [2.05, 4.69) is 5.32 Å². The van der Waals surface area contributed by atoms with Crippen molar-refractivity contribution in [2.24, 2.45) is 11.8 Å². The molecule has 24 heavy (non-hydrogen) atoms. The number of hydrogen-bond donors (Lipinski definition) is 1. The Bertz CT molecular complexity index is 726. The second-order valence-electron chi connectivity index (χ2n) is 6.64. The van der Waals surface area contributed by atoms with E-state index < -0.39 is 10.0 Å². The molecule has 2 fully saturated rings. The normalized spacial score (nSPS) is 24.4. The predicted octanol–water partition coefficient (Wildman–Crippen LogP) is 2.46. The topological polar surface area (TPSA) is 75.7 Å². The lowest BCUT2D eigenvalue weighted by Gasteiger charge is -2.26. The molecule has 0 radical (unpaired) electrons. The molecule has 1 saturated heterocycles. The van der Waals surface area contributed by atoms with Crippen LogP contribution in [0.5, 0.6) is 5.75 Å². The van der Waals surface area contributed by atoms with Gasteiger partial charge in [0.15, 0.2) is 0 Å². The van der Waals surface area contributed by atoms with Gasteiger partial charge in [-0.3, -0.25) is 4.79 Å². The lowest BCUT2D eigenvalue weighted by Crippen LogP contribution is -2.35. The Morgan fingerprint density at radius 2 is 1.92 bits per heavy atom. The van der Waals surface area contributed by atoms with Crippen LogP contribution in [0.1, 0.15) is 32.6 Å². The Labute approximate surface area is 143 Å². The molecule has 1 saturated carbocycles. The minimum Gasteiger partial charge on any atom is -0.495 e. The van der Waals surface area contributed by atoms with Crippen molar-refractivity contribution in [3.8, 4) is 5.75 Å². The Kier molecular flexibility index (Phi) is 4.83. The van der Waals surface area contributed by atoms with Crippen molar-refractivity contribution in [3.05, 3.63) is 18.2 Å². The van der Waals surface area contributed by atoms with Crippen LogP contribution >= 0.6 is 0 Å². The van der Waals surface area contributed by atoms with Gasteiger partial charge in [0.2, 0.25) is 15.9 Å². The van der Waals surface area contributed by atoms with E-state index in [4.69, 9.17) is 4.74 Å². The van der Waals surface area contributed by atoms with Crippen molar-refractivity contribution < 1.29 is 17.9 Å². The van der Waals surface area contributed by atoms with Crippen LogP contribution in [0.4, 0.5) is 5.69 Å². The van der Waals surface area contributed by atoms with Crippen LogP contribution in [0.15, 0.2) is 23.1 Å². The number of nitrogens with one attached hydrogen (secondary N) is 1. The van der Waals surface area contributed by atoms with Gasteiger partial charge in [0.1, 0.15) is 5.75 Å². The van der Waals surface area contributed by atoms with Crippen LogP contribution in [-0.2, 0) is 14.8 Å². The second-order valence-corrected chi connectivity index (χ2v) is 8.57. The van der Waals surface area contributed by atoms with E-state index in [-0.39, 0.29) is 16.7 Å². The summed E-state index contributed by atoms with van der Waals surface area (Å²) in [5, 5.41) is 2.82. The summed E-state index contributed by atoms with van der Waals surface area (Å²) >= 11 is 0. The molecular weight excluding hydrogens is 328 g/mol. The summed E-state index contributed by atoms with van der Waals surface area (Å²) in [6, 6.07) is 4.65. The van der Waals surface area contributed by atoms with Crippen LogP contribution in [-0.4, -0.2) is 38.8 Å². The average molecular weight is 352 g/mol. The maximum Gasteiger partial charge on any atom is 0.243 e. The zero-order valence-corrected chi connectivity index (χ0v) is 14.9. The highest BCUT2D eigenvalue weighted by Crippen LogP contribution is 2.39. The van der Waals surface area contributed by atoms with Gasteiger partial charge in [-0.05, 0) is 43.4 Å². The number of carbonyl (C=O) groups is 1. The van der Waals surface area contributed by atoms with Gasteiger partial charge >= 0.3 is 0 Å². The van der Waals surface area contributed by atoms with Gasteiger partial charge in [0, 0.05) is 19.0 Å². The number of hydrogen-bond acceptors (Lipinski definition) is 4. The third kappa shape index (κ3) is 3.42. The van der Waals surface area contributed by atoms with Crippen LogP contribution in [0.25, 0.3) is 0 Å². The summed E-state index contributed by atoms with van der Waals surface area (Å²) in [5.41, 5.74) is 0.416. The third-order valence-electron chi connectivity index (χ3n) is 4.83. The van der Waals surface area contributed by atoms with Crippen molar-refractivity contribution >= 4 is 21.6 Å². The summed E-state index contributed by atoms with van der Waals surface area (Å²) in [6.45, 7) is 3.13. The van der Waals surface area contributed by atoms with E-state index in [0.29, 0.717) is 30.4 Å². The number of benzene rings is 1. The molecule has 132 valence electrons. The van der Waals surface area contributed by atoms with Crippen molar-refractivity contribution in [2.45, 2.75) is 37.5 Å². The number of anilines is 1. The van der Waals surface area contributed by atoms with Gasteiger partial charge in [-0.15, -0.1) is 0 Å². The van der Waals surface area contributed by atoms with Crippen LogP contribution in [0.3, 0.4) is 0 Å². The van der Waals surface area contributed by atoms with Crippen molar-refractivity contribution in [1.29, 1.82) is 0 Å². The van der Waals surface area contributed by atoms with Crippen LogP contribution < -0.4 is 10.1 Å². The Morgan fingerprint density at radius 1 is 1.25 bits per heavy atom. The highest BCUT2D eigenvalue weighted by Gasteiger charge is 2.39. The summed E-state index contributed by atoms with van der Waals surface area (Å²) < 4.78 is 32.4. The molecule has 0 bridgehead atoms. The molecule has 3 rings (SSSR count). The average Bonchev–Trinajstić information content (AvgIpc) is 3.32. The summed E-state index contributed by atoms with van der Waals surface area (Å²) in [7, 11) is -2.03. The van der Waals surface area contributed by atoms with E-state index >= 15 is 0 Å². The lowest BCUT2D eigenvalue weighted by molar-refractivity contribution is -0.117. The fourth-order valence-electron chi connectivity index (χ4n) is 3.11. The van der Waals surface area contributed by atoms with Crippen LogP contribution in [0, 0.1) is 11.8 Å². The Morgan fingerprint density at radius 3 is 2.50 bits per heavy atom. The maximum atomic E-state index is 12.8. The molecule has 2 atom stereocenters. The van der Waals surface area contributed by atoms with Gasteiger partial charge in [-0.25, -0.2) is 8.42 Å². The number of sulfonamides is 1. The van der Waals surface area contributed by atoms with Gasteiger partial charge in [0.05, 0.1) is 17.7 Å². The molecule has 0 spiro atoms. The summed E-state index contributed by atoms with van der Waals surface area (Å²) in [4.78, 5) is 12.4. The lowest BCUT2D eigenvalue weighted by atomic mass is 10.2. The van der Waals surface area contributed by atoms with E-state index in [1.165, 1.54) is 23.5 Å². The van der Waals surface area contributed by atoms with E-state index in [1.807, 2.05) is 6.92 Å². The number of ether oxygens (including phenoxy) is 1. The Balaban J connectivity index is 1.86. The number of nitrogens with zero attached hydrogens (tertiary/aromatic N) is 1. The minimum atomic E-state index is -3.53. The SMILES string of the molecule is COc1ccc(S(=O)(=O)N2CCCCC2)cc1NC(=O)[C@H]1C[C@@H]1C. The number of methoxy groups -OCH3 is 1. The smallest absolute Gasteiger partial charge is 0.243 e. The van der Waals surface area contributed by atoms with Crippen molar-refractivity contribution in [2.75, 3.05) is 25.5 Å². The summed E-state index contributed by atoms with van der Waals surface area (Å²) in [5.74, 6) is 0.788. The largest absolute Gasteiger partial charge is 0.495 e. The first kappa shape index (κ1) is 17.2. The molecule has 1 heterocycles. The molecule has 2 aliphatic rings. The third-order valence-corrected chi connectivity index (χ3v) is 6.72. The highest BCUT2D eigenvalue weighted by atomic mass is 32.2. The first-order valence-corrected chi connectivity index (χ1v) is 9.86. The molecule has 1 aliphatic heterocycles. The van der Waals surface area contributed by atoms with Gasteiger partial charge in [-0.2, -0.15) is 4.31 Å². The molecule has 1 aromatic carbocycles. The maximum absolute atomic E-state index is 12.8. The number of rotatable bonds is 5. The van der Waals surface area contributed by atoms with E-state index in [1.54, 1.807) is 6.07 Å². The predicted molar refractivity (Wildman–Crippen MR) is 91.5 cm³/mol. The summed E-state index contributed by atoms with van der Waals surface area (Å²) in [6.07, 6.45) is 3.71. The highest BCUT2D eigenvalue weighted by molar-refractivity contribution is 7.89.